The van der Waals surface area contributed by atoms with Crippen molar-refractivity contribution >= 4 is 43.1 Å². The lowest BCUT2D eigenvalue weighted by atomic mass is 9.81. The molecule has 0 fully saturated rings. The van der Waals surface area contributed by atoms with Gasteiger partial charge >= 0.3 is 0 Å². The fourth-order valence-corrected chi connectivity index (χ4v) is 8.64. The molecule has 0 nitrogen and oxygen atoms in total. The van der Waals surface area contributed by atoms with Crippen molar-refractivity contribution in [1.29, 1.82) is 0 Å². The Kier molecular flexibility index (Phi) is 6.02. The van der Waals surface area contributed by atoms with Gasteiger partial charge in [-0.1, -0.05) is 166 Å². The van der Waals surface area contributed by atoms with E-state index in [9.17, 15) is 0 Å². The zero-order valence-electron chi connectivity index (χ0n) is 27.7. The van der Waals surface area contributed by atoms with Gasteiger partial charge in [0, 0.05) is 5.41 Å². The third-order valence-corrected chi connectivity index (χ3v) is 11.0. The summed E-state index contributed by atoms with van der Waals surface area (Å²) < 4.78 is 0. The number of fused-ring (bicyclic) bond motifs is 8. The second-order valence-corrected chi connectivity index (χ2v) is 14.1. The third kappa shape index (κ3) is 4.17. The molecule has 230 valence electrons. The van der Waals surface area contributed by atoms with Crippen LogP contribution in [0.4, 0.5) is 0 Å². The summed E-state index contributed by atoms with van der Waals surface area (Å²) in [6, 6.07) is 63.1. The minimum Gasteiger partial charge on any atom is -0.0622 e. The van der Waals surface area contributed by atoms with Gasteiger partial charge < -0.3 is 0 Å². The largest absolute Gasteiger partial charge is 0.0622 e. The minimum absolute atomic E-state index is 0.0564. The summed E-state index contributed by atoms with van der Waals surface area (Å²) >= 11 is 0. The van der Waals surface area contributed by atoms with Crippen LogP contribution in [0.2, 0.25) is 0 Å². The summed E-state index contributed by atoms with van der Waals surface area (Å²) in [5.41, 5.74) is 13.1. The fourth-order valence-electron chi connectivity index (χ4n) is 8.64. The predicted molar refractivity (Wildman–Crippen MR) is 210 cm³/mol. The van der Waals surface area contributed by atoms with E-state index < -0.39 is 0 Å². The van der Waals surface area contributed by atoms with Gasteiger partial charge in [0.1, 0.15) is 0 Å². The molecule has 0 aromatic heterocycles. The van der Waals surface area contributed by atoms with Crippen molar-refractivity contribution in [2.24, 2.45) is 0 Å². The van der Waals surface area contributed by atoms with Gasteiger partial charge in [0.25, 0.3) is 0 Å². The van der Waals surface area contributed by atoms with Crippen LogP contribution < -0.4 is 0 Å². The summed E-state index contributed by atoms with van der Waals surface area (Å²) in [4.78, 5) is 0. The van der Waals surface area contributed by atoms with Gasteiger partial charge in [0.15, 0.2) is 0 Å². The van der Waals surface area contributed by atoms with Gasteiger partial charge in [-0.2, -0.15) is 0 Å². The molecule has 0 aliphatic heterocycles. The van der Waals surface area contributed by atoms with E-state index in [1.165, 1.54) is 98.7 Å². The first-order valence-corrected chi connectivity index (χ1v) is 17.3. The van der Waals surface area contributed by atoms with Crippen molar-refractivity contribution in [2.75, 3.05) is 0 Å². The summed E-state index contributed by atoms with van der Waals surface area (Å²) in [5, 5.41) is 10.3. The van der Waals surface area contributed by atoms with E-state index >= 15 is 0 Å². The molecular weight excluding hydrogens is 589 g/mol. The van der Waals surface area contributed by atoms with E-state index in [1.54, 1.807) is 0 Å². The standard InChI is InChI=1S/C49H34/c1-49(2)44-26-25-37(30-43(44)48-38-15-7-6-14-32(38)24-27-45(48)49)47-41-18-10-8-16-39(41)46(40-17-9-11-19-42(40)47)36-23-22-34-28-33(20-21-35(34)29-36)31-12-4-3-5-13-31/h3-30H,1-2H3. The van der Waals surface area contributed by atoms with Crippen molar-refractivity contribution in [3.8, 4) is 44.5 Å². The minimum atomic E-state index is -0.0564. The quantitative estimate of drug-likeness (QED) is 0.172. The lowest BCUT2D eigenvalue weighted by Gasteiger charge is -2.22. The highest BCUT2D eigenvalue weighted by molar-refractivity contribution is 6.22. The fraction of sp³-hybridized carbons (Fsp3) is 0.0612. The Bertz CT molecular complexity index is 2720. The number of benzene rings is 9. The lowest BCUT2D eigenvalue weighted by Crippen LogP contribution is -2.14. The van der Waals surface area contributed by atoms with Crippen LogP contribution in [0.3, 0.4) is 0 Å². The monoisotopic (exact) mass is 622 g/mol. The molecule has 10 rings (SSSR count). The second kappa shape index (κ2) is 10.5. The molecule has 0 heteroatoms. The van der Waals surface area contributed by atoms with Crippen molar-refractivity contribution in [3.63, 3.8) is 0 Å². The van der Waals surface area contributed by atoms with Gasteiger partial charge in [0.05, 0.1) is 0 Å². The lowest BCUT2D eigenvalue weighted by molar-refractivity contribution is 0.661. The van der Waals surface area contributed by atoms with E-state index in [2.05, 4.69) is 184 Å². The smallest absolute Gasteiger partial charge is 0.0159 e. The molecule has 0 N–H and O–H groups in total. The maximum Gasteiger partial charge on any atom is 0.0159 e. The first kappa shape index (κ1) is 28.1. The van der Waals surface area contributed by atoms with Crippen molar-refractivity contribution in [2.45, 2.75) is 19.3 Å². The highest BCUT2D eigenvalue weighted by Gasteiger charge is 2.36. The third-order valence-electron chi connectivity index (χ3n) is 11.0. The normalized spacial score (nSPS) is 13.3. The van der Waals surface area contributed by atoms with Crippen molar-refractivity contribution < 1.29 is 0 Å². The Morgan fingerprint density at radius 3 is 1.43 bits per heavy atom. The number of hydrogen-bond donors (Lipinski definition) is 0. The predicted octanol–water partition coefficient (Wildman–Crippen LogP) is 13.6. The van der Waals surface area contributed by atoms with Crippen LogP contribution >= 0.6 is 0 Å². The van der Waals surface area contributed by atoms with Gasteiger partial charge in [-0.15, -0.1) is 0 Å². The van der Waals surface area contributed by atoms with E-state index in [-0.39, 0.29) is 5.41 Å². The summed E-state index contributed by atoms with van der Waals surface area (Å²) in [6.45, 7) is 4.75. The summed E-state index contributed by atoms with van der Waals surface area (Å²) in [6.07, 6.45) is 0. The second-order valence-electron chi connectivity index (χ2n) is 14.1. The van der Waals surface area contributed by atoms with E-state index in [0.717, 1.165) is 0 Å². The molecule has 1 aliphatic rings. The first-order chi connectivity index (χ1) is 24.1. The van der Waals surface area contributed by atoms with Gasteiger partial charge in [0.2, 0.25) is 0 Å². The Balaban J connectivity index is 1.20. The Hall–Kier alpha value is -5.98. The van der Waals surface area contributed by atoms with Crippen LogP contribution in [0.25, 0.3) is 87.6 Å². The number of hydrogen-bond acceptors (Lipinski definition) is 0. The molecular formula is C49H34. The van der Waals surface area contributed by atoms with Crippen LogP contribution in [-0.4, -0.2) is 0 Å². The first-order valence-electron chi connectivity index (χ1n) is 17.3. The molecule has 9 aromatic carbocycles. The molecule has 49 heavy (non-hydrogen) atoms. The average molecular weight is 623 g/mol. The Morgan fingerprint density at radius 1 is 0.306 bits per heavy atom. The molecule has 0 atom stereocenters. The highest BCUT2D eigenvalue weighted by atomic mass is 14.4. The van der Waals surface area contributed by atoms with Crippen LogP contribution in [0.5, 0.6) is 0 Å². The maximum atomic E-state index is 2.48. The SMILES string of the molecule is CC1(C)c2ccc(-c3c4ccccc4c(-c4ccc5cc(-c6ccccc6)ccc5c4)c4ccccc34)cc2-c2c1ccc1ccccc21. The van der Waals surface area contributed by atoms with Crippen molar-refractivity contribution in [1.82, 2.24) is 0 Å². The molecule has 0 saturated carbocycles. The molecule has 0 saturated heterocycles. The van der Waals surface area contributed by atoms with Crippen molar-refractivity contribution in [3.05, 3.63) is 181 Å². The molecule has 0 bridgehead atoms. The van der Waals surface area contributed by atoms with Gasteiger partial charge in [-0.25, -0.2) is 0 Å². The molecule has 0 spiro atoms. The molecule has 0 radical (unpaired) electrons. The Labute approximate surface area is 286 Å². The van der Waals surface area contributed by atoms with E-state index in [1.807, 2.05) is 0 Å². The zero-order valence-corrected chi connectivity index (χ0v) is 27.7. The maximum absolute atomic E-state index is 2.48. The molecule has 0 heterocycles. The Morgan fingerprint density at radius 2 is 0.776 bits per heavy atom. The van der Waals surface area contributed by atoms with Crippen LogP contribution in [0, 0.1) is 0 Å². The zero-order chi connectivity index (χ0) is 32.7. The van der Waals surface area contributed by atoms with Crippen LogP contribution in [-0.2, 0) is 5.41 Å². The summed E-state index contributed by atoms with van der Waals surface area (Å²) in [5.74, 6) is 0. The number of rotatable bonds is 3. The molecule has 9 aromatic rings. The average Bonchev–Trinajstić information content (AvgIpc) is 3.39. The van der Waals surface area contributed by atoms with E-state index in [0.29, 0.717) is 0 Å². The van der Waals surface area contributed by atoms with Crippen LogP contribution in [0.15, 0.2) is 170 Å². The summed E-state index contributed by atoms with van der Waals surface area (Å²) in [7, 11) is 0. The molecule has 1 aliphatic carbocycles. The molecule has 0 amide bonds. The van der Waals surface area contributed by atoms with Gasteiger partial charge in [-0.3, -0.25) is 0 Å². The van der Waals surface area contributed by atoms with Crippen LogP contribution in [0.1, 0.15) is 25.0 Å². The molecule has 0 unspecified atom stereocenters. The van der Waals surface area contributed by atoms with Gasteiger partial charge in [-0.05, 0) is 117 Å². The highest BCUT2D eigenvalue weighted by Crippen LogP contribution is 2.53. The topological polar surface area (TPSA) is 0 Å². The van der Waals surface area contributed by atoms with E-state index in [4.69, 9.17) is 0 Å².